The minimum Gasteiger partial charge on any atom is -0.482 e. The number of aromatic nitrogens is 1. The van der Waals surface area contributed by atoms with Crippen LogP contribution in [0.25, 0.3) is 16.8 Å². The van der Waals surface area contributed by atoms with E-state index in [1.807, 2.05) is 38.1 Å². The molecular weight excluding hydrogens is 434 g/mol. The summed E-state index contributed by atoms with van der Waals surface area (Å²) in [6, 6.07) is 27.8. The Labute approximate surface area is 198 Å². The van der Waals surface area contributed by atoms with E-state index >= 15 is 0 Å². The fourth-order valence-electron chi connectivity index (χ4n) is 3.66. The van der Waals surface area contributed by atoms with E-state index < -0.39 is 0 Å². The molecule has 3 aromatic carbocycles. The smallest absolute Gasteiger partial charge is 0.277 e. The first-order valence-corrected chi connectivity index (χ1v) is 10.9. The Bertz CT molecular complexity index is 1280. The highest BCUT2D eigenvalue weighted by molar-refractivity contribution is 6.32. The molecule has 0 saturated heterocycles. The van der Waals surface area contributed by atoms with Gasteiger partial charge in [-0.15, -0.1) is 0 Å². The minimum atomic E-state index is -0.364. The van der Waals surface area contributed by atoms with Gasteiger partial charge in [0, 0.05) is 22.6 Å². The Morgan fingerprint density at radius 1 is 0.970 bits per heavy atom. The lowest BCUT2D eigenvalue weighted by Gasteiger charge is -2.11. The minimum absolute atomic E-state index is 0.173. The van der Waals surface area contributed by atoms with E-state index in [0.29, 0.717) is 10.8 Å². The molecule has 0 spiro atoms. The zero-order chi connectivity index (χ0) is 23.2. The van der Waals surface area contributed by atoms with Crippen LogP contribution in [0.2, 0.25) is 5.02 Å². The van der Waals surface area contributed by atoms with Crippen LogP contribution >= 0.6 is 11.6 Å². The lowest BCUT2D eigenvalue weighted by Crippen LogP contribution is -2.24. The van der Waals surface area contributed by atoms with E-state index in [1.165, 1.54) is 11.1 Å². The van der Waals surface area contributed by atoms with Crippen LogP contribution in [0, 0.1) is 13.8 Å². The number of hydrazone groups is 1. The molecule has 0 aliphatic carbocycles. The molecule has 1 N–H and O–H groups in total. The van der Waals surface area contributed by atoms with E-state index in [4.69, 9.17) is 16.3 Å². The van der Waals surface area contributed by atoms with Crippen LogP contribution in [0.5, 0.6) is 5.75 Å². The monoisotopic (exact) mass is 457 g/mol. The zero-order valence-electron chi connectivity index (χ0n) is 18.5. The number of carbonyl (C=O) groups excluding carboxylic acids is 1. The normalized spacial score (nSPS) is 11.0. The number of hydrogen-bond acceptors (Lipinski definition) is 3. The largest absolute Gasteiger partial charge is 0.482 e. The molecule has 4 rings (SSSR count). The average molecular weight is 458 g/mol. The van der Waals surface area contributed by atoms with Crippen molar-refractivity contribution >= 4 is 23.7 Å². The van der Waals surface area contributed by atoms with E-state index in [2.05, 4.69) is 51.5 Å². The van der Waals surface area contributed by atoms with Crippen molar-refractivity contribution in [1.29, 1.82) is 0 Å². The summed E-state index contributed by atoms with van der Waals surface area (Å²) in [5.74, 6) is 0.0941. The summed E-state index contributed by atoms with van der Waals surface area (Å²) in [7, 11) is 0. The highest BCUT2D eigenvalue weighted by Gasteiger charge is 2.10. The Morgan fingerprint density at radius 2 is 1.64 bits per heavy atom. The molecule has 0 bridgehead atoms. The van der Waals surface area contributed by atoms with Crippen molar-refractivity contribution in [2.24, 2.45) is 5.10 Å². The number of nitrogens with zero attached hydrogens (tertiary/aromatic N) is 2. The predicted molar refractivity (Wildman–Crippen MR) is 133 cm³/mol. The number of carbonyl (C=O) groups is 1. The highest BCUT2D eigenvalue weighted by Crippen LogP contribution is 2.24. The molecule has 5 nitrogen and oxygen atoms in total. The molecule has 0 aliphatic rings. The standard InChI is InChI=1S/C27H24ClN3O2/c1-19-16-23(17-29-30-27(32)18-33-26-11-7-6-10-25(26)28)20(2)31(19)24-14-12-22(13-15-24)21-8-4-3-5-9-21/h3-17H,18H2,1-2H3,(H,30,32)/b29-17+. The molecule has 1 heterocycles. The van der Waals surface area contributed by atoms with Crippen LogP contribution in [0.15, 0.2) is 90.0 Å². The van der Waals surface area contributed by atoms with E-state index in [0.717, 1.165) is 22.6 Å². The zero-order valence-corrected chi connectivity index (χ0v) is 19.2. The number of benzene rings is 3. The van der Waals surface area contributed by atoms with Gasteiger partial charge < -0.3 is 9.30 Å². The lowest BCUT2D eigenvalue weighted by molar-refractivity contribution is -0.123. The fraction of sp³-hybridized carbons (Fsp3) is 0.111. The Kier molecular flexibility index (Phi) is 6.91. The van der Waals surface area contributed by atoms with Crippen molar-refractivity contribution in [2.45, 2.75) is 13.8 Å². The van der Waals surface area contributed by atoms with E-state index in [9.17, 15) is 4.79 Å². The third-order valence-corrected chi connectivity index (χ3v) is 5.60. The van der Waals surface area contributed by atoms with Crippen LogP contribution in [0.4, 0.5) is 0 Å². The Morgan fingerprint density at radius 3 is 2.36 bits per heavy atom. The van der Waals surface area contributed by atoms with E-state index in [-0.39, 0.29) is 12.5 Å². The summed E-state index contributed by atoms with van der Waals surface area (Å²) in [5.41, 5.74) is 8.96. The third kappa shape index (κ3) is 5.33. The second kappa shape index (κ2) is 10.2. The van der Waals surface area contributed by atoms with Gasteiger partial charge in [-0.1, -0.05) is 66.2 Å². The van der Waals surface area contributed by atoms with Gasteiger partial charge in [-0.2, -0.15) is 5.10 Å². The quantitative estimate of drug-likeness (QED) is 0.275. The van der Waals surface area contributed by atoms with Crippen LogP contribution in [-0.2, 0) is 4.79 Å². The molecule has 33 heavy (non-hydrogen) atoms. The molecule has 0 saturated carbocycles. The maximum Gasteiger partial charge on any atom is 0.277 e. The second-order valence-electron chi connectivity index (χ2n) is 7.59. The van der Waals surface area contributed by atoms with E-state index in [1.54, 1.807) is 30.5 Å². The summed E-state index contributed by atoms with van der Waals surface area (Å²) >= 11 is 6.03. The molecule has 1 aromatic heterocycles. The molecule has 0 unspecified atom stereocenters. The summed E-state index contributed by atoms with van der Waals surface area (Å²) in [5, 5.41) is 4.54. The van der Waals surface area contributed by atoms with Crippen molar-refractivity contribution < 1.29 is 9.53 Å². The van der Waals surface area contributed by atoms with Gasteiger partial charge in [0.25, 0.3) is 5.91 Å². The number of halogens is 1. The average Bonchev–Trinajstić information content (AvgIpc) is 3.12. The Hall–Kier alpha value is -3.83. The third-order valence-electron chi connectivity index (χ3n) is 5.29. The van der Waals surface area contributed by atoms with Crippen molar-refractivity contribution in [2.75, 3.05) is 6.61 Å². The molecule has 0 aliphatic heterocycles. The molecule has 0 atom stereocenters. The topological polar surface area (TPSA) is 55.6 Å². The van der Waals surface area contributed by atoms with Gasteiger partial charge in [0.1, 0.15) is 5.75 Å². The molecular formula is C27H24ClN3O2. The molecule has 0 radical (unpaired) electrons. The van der Waals surface area contributed by atoms with Gasteiger partial charge in [-0.3, -0.25) is 4.79 Å². The number of amides is 1. The predicted octanol–water partition coefficient (Wildman–Crippen LogP) is 5.94. The van der Waals surface area contributed by atoms with Crippen molar-refractivity contribution in [3.8, 4) is 22.6 Å². The first-order chi connectivity index (χ1) is 16.0. The summed E-state index contributed by atoms with van der Waals surface area (Å²) in [6.45, 7) is 3.90. The maximum absolute atomic E-state index is 12.0. The Balaban J connectivity index is 1.41. The number of nitrogens with one attached hydrogen (secondary N) is 1. The lowest BCUT2D eigenvalue weighted by atomic mass is 10.1. The number of aryl methyl sites for hydroxylation is 1. The summed E-state index contributed by atoms with van der Waals surface area (Å²) < 4.78 is 7.59. The fourth-order valence-corrected chi connectivity index (χ4v) is 3.85. The van der Waals surface area contributed by atoms with Crippen LogP contribution < -0.4 is 10.2 Å². The van der Waals surface area contributed by atoms with Crippen LogP contribution in [0.1, 0.15) is 17.0 Å². The van der Waals surface area contributed by atoms with Gasteiger partial charge in [0.15, 0.2) is 6.61 Å². The van der Waals surface area contributed by atoms with Gasteiger partial charge in [-0.25, -0.2) is 5.43 Å². The molecule has 0 fully saturated rings. The van der Waals surface area contributed by atoms with Crippen molar-refractivity contribution in [3.05, 3.63) is 107 Å². The SMILES string of the molecule is Cc1cc(/C=N/NC(=O)COc2ccccc2Cl)c(C)n1-c1ccc(-c2ccccc2)cc1. The molecule has 166 valence electrons. The molecule has 6 heteroatoms. The number of hydrogen-bond donors (Lipinski definition) is 1. The van der Waals surface area contributed by atoms with Gasteiger partial charge in [-0.05, 0) is 55.3 Å². The summed E-state index contributed by atoms with van der Waals surface area (Å²) in [4.78, 5) is 12.0. The highest BCUT2D eigenvalue weighted by atomic mass is 35.5. The maximum atomic E-state index is 12.0. The number of ether oxygens (including phenoxy) is 1. The van der Waals surface area contributed by atoms with Gasteiger partial charge in [0.05, 0.1) is 11.2 Å². The number of para-hydroxylation sites is 1. The molecule has 4 aromatic rings. The first kappa shape index (κ1) is 22.4. The van der Waals surface area contributed by atoms with Crippen LogP contribution in [0.3, 0.4) is 0 Å². The van der Waals surface area contributed by atoms with Crippen LogP contribution in [-0.4, -0.2) is 23.3 Å². The van der Waals surface area contributed by atoms with Gasteiger partial charge in [0.2, 0.25) is 0 Å². The van der Waals surface area contributed by atoms with Gasteiger partial charge >= 0.3 is 0 Å². The van der Waals surface area contributed by atoms with Crippen molar-refractivity contribution in [1.82, 2.24) is 9.99 Å². The second-order valence-corrected chi connectivity index (χ2v) is 7.99. The molecule has 1 amide bonds. The van der Waals surface area contributed by atoms with Crippen molar-refractivity contribution in [3.63, 3.8) is 0 Å². The summed E-state index contributed by atoms with van der Waals surface area (Å²) in [6.07, 6.45) is 1.64. The number of rotatable bonds is 7. The first-order valence-electron chi connectivity index (χ1n) is 10.6.